The molecule has 1 aliphatic carbocycles. The number of nitrogens with zero attached hydrogens (tertiary/aromatic N) is 1. The van der Waals surface area contributed by atoms with Crippen LogP contribution in [0.1, 0.15) is 24.0 Å². The molecular weight excluding hydrogens is 350 g/mol. The fourth-order valence-electron chi connectivity index (χ4n) is 4.28. The second kappa shape index (κ2) is 7.76. The topological polar surface area (TPSA) is 29.5 Å². The predicted octanol–water partition coefficient (Wildman–Crippen LogP) is 4.65. The number of aryl methyl sites for hydroxylation is 2. The van der Waals surface area contributed by atoms with Gasteiger partial charge in [0.25, 0.3) is 0 Å². The molecule has 0 aromatic heterocycles. The quantitative estimate of drug-likeness (QED) is 0.642. The lowest BCUT2D eigenvalue weighted by atomic mass is 9.81. The zero-order chi connectivity index (χ0) is 19.7. The molecule has 1 aliphatic heterocycles. The second-order valence-electron chi connectivity index (χ2n) is 9.21. The van der Waals surface area contributed by atoms with Gasteiger partial charge in [-0.15, -0.1) is 0 Å². The molecule has 2 aliphatic rings. The first kappa shape index (κ1) is 20.1. The Kier molecular flexibility index (Phi) is 5.78. The number of hydrogen-bond donors (Lipinski definition) is 0. The summed E-state index contributed by atoms with van der Waals surface area (Å²) in [4.78, 5) is 14.2. The van der Waals surface area contributed by atoms with Crippen molar-refractivity contribution in [1.29, 1.82) is 0 Å². The van der Waals surface area contributed by atoms with Crippen molar-refractivity contribution in [2.45, 2.75) is 56.9 Å². The Hall–Kier alpha value is -1.65. The van der Waals surface area contributed by atoms with Crippen molar-refractivity contribution in [3.63, 3.8) is 0 Å². The van der Waals surface area contributed by atoms with E-state index in [1.165, 1.54) is 22.7 Å². The maximum Gasteiger partial charge on any atom is 0.178 e. The number of hydrogen-bond acceptors (Lipinski definition) is 3. The molecule has 1 fully saturated rings. The number of methoxy groups -OCH3 is 1. The van der Waals surface area contributed by atoms with Crippen LogP contribution in [0, 0.1) is 0 Å². The van der Waals surface area contributed by atoms with Gasteiger partial charge in [-0.1, -0.05) is 43.9 Å². The Morgan fingerprint density at radius 2 is 2.00 bits per heavy atom. The summed E-state index contributed by atoms with van der Waals surface area (Å²) >= 11 is 0. The summed E-state index contributed by atoms with van der Waals surface area (Å²) < 4.78 is 5.61. The van der Waals surface area contributed by atoms with Gasteiger partial charge >= 0.3 is 0 Å². The van der Waals surface area contributed by atoms with Crippen molar-refractivity contribution >= 4 is 13.9 Å². The fraction of sp³-hybridized carbons (Fsp3) is 0.522. The molecule has 1 atom stereocenters. The first-order chi connectivity index (χ1) is 12.7. The average molecular weight is 384 g/mol. The molecule has 0 saturated carbocycles. The van der Waals surface area contributed by atoms with Crippen molar-refractivity contribution in [3.05, 3.63) is 53.1 Å². The highest BCUT2D eigenvalue weighted by atomic mass is 28.3. The van der Waals surface area contributed by atoms with Crippen molar-refractivity contribution in [2.75, 3.05) is 20.7 Å². The maximum absolute atomic E-state index is 11.8. The summed E-state index contributed by atoms with van der Waals surface area (Å²) in [7, 11) is 2.86. The van der Waals surface area contributed by atoms with Crippen LogP contribution in [0.5, 0.6) is 5.75 Å². The van der Waals surface area contributed by atoms with E-state index in [2.05, 4.69) is 55.9 Å². The van der Waals surface area contributed by atoms with Gasteiger partial charge < -0.3 is 4.74 Å². The summed E-state index contributed by atoms with van der Waals surface area (Å²) in [5, 5.41) is 0. The lowest BCUT2D eigenvalue weighted by Gasteiger charge is -2.36. The summed E-state index contributed by atoms with van der Waals surface area (Å²) in [6.07, 6.45) is 9.85. The van der Waals surface area contributed by atoms with Crippen LogP contribution in [0.15, 0.2) is 42.0 Å². The average Bonchev–Trinajstić information content (AvgIpc) is 2.94. The third kappa shape index (κ3) is 4.44. The molecule has 0 N–H and O–H groups in total. The number of ether oxygens (including phenoxy) is 1. The second-order valence-corrected chi connectivity index (χ2v) is 14.8. The Morgan fingerprint density at radius 1 is 1.22 bits per heavy atom. The van der Waals surface area contributed by atoms with Crippen LogP contribution in [0.4, 0.5) is 0 Å². The SMILES string of the molecule is COc1ccc(CC[C@@]23C=CC(=O)C=C2CCN3C)cc1CC[Si](C)(C)C. The van der Waals surface area contributed by atoms with E-state index in [0.29, 0.717) is 0 Å². The maximum atomic E-state index is 11.8. The van der Waals surface area contributed by atoms with Gasteiger partial charge in [0.1, 0.15) is 5.75 Å². The van der Waals surface area contributed by atoms with Crippen LogP contribution in [0.2, 0.25) is 25.7 Å². The van der Waals surface area contributed by atoms with Crippen LogP contribution in [0.25, 0.3) is 0 Å². The minimum Gasteiger partial charge on any atom is -0.496 e. The van der Waals surface area contributed by atoms with Crippen LogP contribution < -0.4 is 4.74 Å². The number of likely N-dealkylation sites (tertiary alicyclic amines) is 1. The number of likely N-dealkylation sites (N-methyl/N-ethyl adjacent to an activating group) is 1. The summed E-state index contributed by atoms with van der Waals surface area (Å²) in [6, 6.07) is 7.94. The van der Waals surface area contributed by atoms with Crippen LogP contribution >= 0.6 is 0 Å². The third-order valence-electron chi connectivity index (χ3n) is 6.08. The van der Waals surface area contributed by atoms with Crippen LogP contribution in [-0.2, 0) is 17.6 Å². The van der Waals surface area contributed by atoms with Gasteiger partial charge in [-0.05, 0) is 67.6 Å². The minimum atomic E-state index is -1.08. The van der Waals surface area contributed by atoms with E-state index in [9.17, 15) is 4.79 Å². The largest absolute Gasteiger partial charge is 0.496 e. The molecule has 0 unspecified atom stereocenters. The van der Waals surface area contributed by atoms with Gasteiger partial charge in [0, 0.05) is 14.6 Å². The molecule has 3 rings (SSSR count). The highest BCUT2D eigenvalue weighted by Gasteiger charge is 2.42. The Balaban J connectivity index is 1.77. The Morgan fingerprint density at radius 3 is 2.70 bits per heavy atom. The van der Waals surface area contributed by atoms with E-state index < -0.39 is 8.07 Å². The number of allylic oxidation sites excluding steroid dienone is 2. The molecule has 1 saturated heterocycles. The smallest absolute Gasteiger partial charge is 0.178 e. The van der Waals surface area contributed by atoms with Gasteiger partial charge in [0.15, 0.2) is 5.78 Å². The highest BCUT2D eigenvalue weighted by Crippen LogP contribution is 2.40. The molecule has 3 nitrogen and oxygen atoms in total. The van der Waals surface area contributed by atoms with Crippen LogP contribution in [-0.4, -0.2) is 45.0 Å². The first-order valence-electron chi connectivity index (χ1n) is 10.0. The highest BCUT2D eigenvalue weighted by molar-refractivity contribution is 6.76. The zero-order valence-corrected chi connectivity index (χ0v) is 18.5. The van der Waals surface area contributed by atoms with Gasteiger partial charge in [-0.2, -0.15) is 0 Å². The minimum absolute atomic E-state index is 0.0771. The van der Waals surface area contributed by atoms with Gasteiger partial charge in [0.2, 0.25) is 0 Å². The lowest BCUT2D eigenvalue weighted by molar-refractivity contribution is -0.110. The number of fused-ring (bicyclic) bond motifs is 1. The lowest BCUT2D eigenvalue weighted by Crippen LogP contribution is -2.42. The fourth-order valence-corrected chi connectivity index (χ4v) is 5.30. The Bertz CT molecular complexity index is 775. The van der Waals surface area contributed by atoms with E-state index in [4.69, 9.17) is 4.74 Å². The summed E-state index contributed by atoms with van der Waals surface area (Å²) in [6.45, 7) is 8.28. The molecule has 0 spiro atoms. The van der Waals surface area contributed by atoms with Crippen LogP contribution in [0.3, 0.4) is 0 Å². The molecule has 1 aromatic rings. The normalized spacial score (nSPS) is 22.7. The number of benzene rings is 1. The van der Waals surface area contributed by atoms with Crippen molar-refractivity contribution in [1.82, 2.24) is 4.90 Å². The summed E-state index contributed by atoms with van der Waals surface area (Å²) in [5.74, 6) is 1.14. The van der Waals surface area contributed by atoms with E-state index >= 15 is 0 Å². The molecule has 0 bridgehead atoms. The molecule has 27 heavy (non-hydrogen) atoms. The van der Waals surface area contributed by atoms with E-state index in [-0.39, 0.29) is 11.3 Å². The van der Waals surface area contributed by atoms with E-state index in [1.807, 2.05) is 6.08 Å². The van der Waals surface area contributed by atoms with Gasteiger partial charge in [-0.25, -0.2) is 0 Å². The third-order valence-corrected chi connectivity index (χ3v) is 7.83. The first-order valence-corrected chi connectivity index (χ1v) is 13.8. The molecule has 1 aromatic carbocycles. The molecule has 0 amide bonds. The molecule has 1 heterocycles. The standard InChI is InChI=1S/C23H33NO2Si/c1-24-14-10-20-17-21(25)9-13-23(20,24)12-8-18-6-7-22(26-2)19(16-18)11-15-27(3,4)5/h6-7,9,13,16-17H,8,10-12,14-15H2,1-5H3/t23-/m1/s1. The van der Waals surface area contributed by atoms with Crippen molar-refractivity contribution in [3.8, 4) is 5.75 Å². The summed E-state index contributed by atoms with van der Waals surface area (Å²) in [5.41, 5.74) is 3.90. The number of ketones is 1. The Labute approximate surface area is 165 Å². The van der Waals surface area contributed by atoms with Crippen molar-refractivity contribution < 1.29 is 9.53 Å². The van der Waals surface area contributed by atoms with Crippen molar-refractivity contribution in [2.24, 2.45) is 0 Å². The number of rotatable bonds is 7. The number of carbonyl (C=O) groups is 1. The molecule has 0 radical (unpaired) electrons. The zero-order valence-electron chi connectivity index (χ0n) is 17.5. The van der Waals surface area contributed by atoms with E-state index in [0.717, 1.165) is 38.0 Å². The predicted molar refractivity (Wildman–Crippen MR) is 115 cm³/mol. The van der Waals surface area contributed by atoms with Gasteiger partial charge in [-0.3, -0.25) is 9.69 Å². The molecular formula is C23H33NO2Si. The molecule has 4 heteroatoms. The number of carbonyl (C=O) groups excluding carboxylic acids is 1. The molecule has 146 valence electrons. The monoisotopic (exact) mass is 383 g/mol. The van der Waals surface area contributed by atoms with Gasteiger partial charge in [0.05, 0.1) is 12.6 Å². The van der Waals surface area contributed by atoms with E-state index in [1.54, 1.807) is 13.2 Å².